The Kier molecular flexibility index (Phi) is 5.88. The standard InChI is InChI=1S/C18H13F6N3O2S/c1-2-29-16(28)11-6-25-27(7-11)8-15-26-14(9-30-15)10-3-12(17(19,20)21)5-13(4-10)18(22,23)24/h3-7,9H,2,8H2,1H3. The molecule has 160 valence electrons. The normalized spacial score (nSPS) is 12.2. The minimum absolute atomic E-state index is 0.0237. The third-order valence-corrected chi connectivity index (χ3v) is 4.71. The van der Waals surface area contributed by atoms with E-state index in [0.717, 1.165) is 11.3 Å². The molecule has 3 aromatic rings. The number of hydrogen-bond donors (Lipinski definition) is 0. The van der Waals surface area contributed by atoms with Crippen molar-refractivity contribution in [3.05, 3.63) is 57.7 Å². The van der Waals surface area contributed by atoms with E-state index in [1.165, 1.54) is 22.5 Å². The van der Waals surface area contributed by atoms with E-state index in [1.807, 2.05) is 0 Å². The number of halogens is 6. The van der Waals surface area contributed by atoms with Gasteiger partial charge in [-0.05, 0) is 25.1 Å². The summed E-state index contributed by atoms with van der Waals surface area (Å²) in [6.45, 7) is 1.92. The summed E-state index contributed by atoms with van der Waals surface area (Å²) in [6.07, 6.45) is -7.18. The van der Waals surface area contributed by atoms with Crippen molar-refractivity contribution in [1.29, 1.82) is 0 Å². The molecule has 0 aliphatic rings. The lowest BCUT2D eigenvalue weighted by atomic mass is 10.0. The minimum Gasteiger partial charge on any atom is -0.462 e. The van der Waals surface area contributed by atoms with Gasteiger partial charge in [0.15, 0.2) is 0 Å². The highest BCUT2D eigenvalue weighted by molar-refractivity contribution is 7.09. The summed E-state index contributed by atoms with van der Waals surface area (Å²) < 4.78 is 84.4. The summed E-state index contributed by atoms with van der Waals surface area (Å²) in [5, 5.41) is 5.72. The van der Waals surface area contributed by atoms with Gasteiger partial charge in [-0.25, -0.2) is 9.78 Å². The van der Waals surface area contributed by atoms with E-state index in [0.29, 0.717) is 17.1 Å². The molecule has 0 amide bonds. The van der Waals surface area contributed by atoms with Gasteiger partial charge in [-0.1, -0.05) is 0 Å². The van der Waals surface area contributed by atoms with Crippen molar-refractivity contribution in [1.82, 2.24) is 14.8 Å². The molecule has 0 N–H and O–H groups in total. The number of benzene rings is 1. The number of nitrogens with zero attached hydrogens (tertiary/aromatic N) is 3. The Bertz CT molecular complexity index is 1020. The van der Waals surface area contributed by atoms with E-state index < -0.39 is 29.4 Å². The number of rotatable bonds is 5. The van der Waals surface area contributed by atoms with Crippen LogP contribution in [0.15, 0.2) is 36.0 Å². The van der Waals surface area contributed by atoms with E-state index in [9.17, 15) is 31.1 Å². The molecule has 0 unspecified atom stereocenters. The first kappa shape index (κ1) is 21.8. The van der Waals surface area contributed by atoms with Crippen LogP contribution in [0.5, 0.6) is 0 Å². The van der Waals surface area contributed by atoms with Gasteiger partial charge in [0.25, 0.3) is 0 Å². The van der Waals surface area contributed by atoms with Crippen LogP contribution in [0.3, 0.4) is 0 Å². The zero-order valence-corrected chi connectivity index (χ0v) is 16.0. The first-order valence-corrected chi connectivity index (χ1v) is 9.29. The Morgan fingerprint density at radius 2 is 1.73 bits per heavy atom. The van der Waals surface area contributed by atoms with Gasteiger partial charge in [-0.3, -0.25) is 4.68 Å². The minimum atomic E-state index is -4.94. The summed E-state index contributed by atoms with van der Waals surface area (Å²) >= 11 is 1.04. The third kappa shape index (κ3) is 4.99. The van der Waals surface area contributed by atoms with Crippen molar-refractivity contribution in [2.45, 2.75) is 25.8 Å². The molecule has 0 saturated heterocycles. The van der Waals surface area contributed by atoms with E-state index >= 15 is 0 Å². The Balaban J connectivity index is 1.88. The van der Waals surface area contributed by atoms with E-state index in [2.05, 4.69) is 10.1 Å². The number of carbonyl (C=O) groups is 1. The highest BCUT2D eigenvalue weighted by atomic mass is 32.1. The zero-order valence-electron chi connectivity index (χ0n) is 15.2. The first-order chi connectivity index (χ1) is 14.0. The van der Waals surface area contributed by atoms with Crippen LogP contribution < -0.4 is 0 Å². The lowest BCUT2D eigenvalue weighted by molar-refractivity contribution is -0.143. The molecular formula is C18H13F6N3O2S. The molecule has 2 aromatic heterocycles. The molecule has 5 nitrogen and oxygen atoms in total. The number of alkyl halides is 6. The Morgan fingerprint density at radius 3 is 2.30 bits per heavy atom. The average molecular weight is 449 g/mol. The Labute approximate surface area is 169 Å². The maximum atomic E-state index is 13.0. The van der Waals surface area contributed by atoms with Crippen LogP contribution in [0.2, 0.25) is 0 Å². The number of ether oxygens (including phenoxy) is 1. The third-order valence-electron chi connectivity index (χ3n) is 3.88. The molecule has 3 rings (SSSR count). The molecule has 0 spiro atoms. The molecule has 2 heterocycles. The highest BCUT2D eigenvalue weighted by Gasteiger charge is 2.37. The fourth-order valence-electron chi connectivity index (χ4n) is 2.53. The van der Waals surface area contributed by atoms with Crippen LogP contribution in [0, 0.1) is 0 Å². The van der Waals surface area contributed by atoms with Crippen LogP contribution in [0.1, 0.15) is 33.4 Å². The maximum Gasteiger partial charge on any atom is 0.416 e. The Morgan fingerprint density at radius 1 is 1.10 bits per heavy atom. The van der Waals surface area contributed by atoms with E-state index in [4.69, 9.17) is 4.74 Å². The molecule has 0 radical (unpaired) electrons. The molecule has 0 atom stereocenters. The van der Waals surface area contributed by atoms with Crippen LogP contribution >= 0.6 is 11.3 Å². The monoisotopic (exact) mass is 449 g/mol. The molecule has 0 aliphatic carbocycles. The summed E-state index contributed by atoms with van der Waals surface area (Å²) in [4.78, 5) is 15.8. The number of aromatic nitrogens is 3. The molecule has 1 aromatic carbocycles. The predicted octanol–water partition coefficient (Wildman–Crippen LogP) is 5.27. The van der Waals surface area contributed by atoms with Crippen molar-refractivity contribution in [2.75, 3.05) is 6.61 Å². The van der Waals surface area contributed by atoms with Crippen molar-refractivity contribution in [2.24, 2.45) is 0 Å². The van der Waals surface area contributed by atoms with Crippen molar-refractivity contribution in [3.63, 3.8) is 0 Å². The number of thiazole rings is 1. The van der Waals surface area contributed by atoms with Crippen LogP contribution in [-0.4, -0.2) is 27.3 Å². The fraction of sp³-hybridized carbons (Fsp3) is 0.278. The summed E-state index contributed by atoms with van der Waals surface area (Å²) in [7, 11) is 0. The molecule has 0 saturated carbocycles. The summed E-state index contributed by atoms with van der Waals surface area (Å²) in [6, 6.07) is 1.32. The van der Waals surface area contributed by atoms with Crippen molar-refractivity contribution in [3.8, 4) is 11.3 Å². The van der Waals surface area contributed by atoms with Crippen LogP contribution in [-0.2, 0) is 23.6 Å². The summed E-state index contributed by atoms with van der Waals surface area (Å²) in [5.74, 6) is -0.563. The number of esters is 1. The largest absolute Gasteiger partial charge is 0.462 e. The molecule has 0 fully saturated rings. The molecular weight excluding hydrogens is 436 g/mol. The second-order valence-corrected chi connectivity index (χ2v) is 7.01. The van der Waals surface area contributed by atoms with Gasteiger partial charge in [0.2, 0.25) is 0 Å². The summed E-state index contributed by atoms with van der Waals surface area (Å²) in [5.41, 5.74) is -2.93. The van der Waals surface area contributed by atoms with Crippen LogP contribution in [0.4, 0.5) is 26.3 Å². The fourth-order valence-corrected chi connectivity index (χ4v) is 3.32. The molecule has 12 heteroatoms. The van der Waals surface area contributed by atoms with Gasteiger partial charge >= 0.3 is 18.3 Å². The average Bonchev–Trinajstić information content (AvgIpc) is 3.30. The van der Waals surface area contributed by atoms with Crippen molar-refractivity contribution < 1.29 is 35.9 Å². The maximum absolute atomic E-state index is 13.0. The van der Waals surface area contributed by atoms with E-state index in [-0.39, 0.29) is 36.0 Å². The van der Waals surface area contributed by atoms with Gasteiger partial charge in [0.1, 0.15) is 5.01 Å². The van der Waals surface area contributed by atoms with Gasteiger partial charge in [-0.15, -0.1) is 11.3 Å². The lowest BCUT2D eigenvalue weighted by Crippen LogP contribution is -2.11. The molecule has 30 heavy (non-hydrogen) atoms. The quantitative estimate of drug-likeness (QED) is 0.394. The van der Waals surface area contributed by atoms with Gasteiger partial charge in [-0.2, -0.15) is 31.4 Å². The molecule has 0 aliphatic heterocycles. The van der Waals surface area contributed by atoms with Crippen LogP contribution in [0.25, 0.3) is 11.3 Å². The first-order valence-electron chi connectivity index (χ1n) is 8.41. The second-order valence-electron chi connectivity index (χ2n) is 6.07. The van der Waals surface area contributed by atoms with Crippen molar-refractivity contribution >= 4 is 17.3 Å². The smallest absolute Gasteiger partial charge is 0.416 e. The van der Waals surface area contributed by atoms with E-state index in [1.54, 1.807) is 6.92 Å². The Hall–Kier alpha value is -2.89. The van der Waals surface area contributed by atoms with Gasteiger partial charge in [0, 0.05) is 17.1 Å². The highest BCUT2D eigenvalue weighted by Crippen LogP contribution is 2.38. The second kappa shape index (κ2) is 8.09. The SMILES string of the molecule is CCOC(=O)c1cnn(Cc2nc(-c3cc(C(F)(F)F)cc(C(F)(F)F)c3)cs2)c1. The van der Waals surface area contributed by atoms with Gasteiger partial charge in [0.05, 0.1) is 41.7 Å². The lowest BCUT2D eigenvalue weighted by Gasteiger charge is -2.13. The molecule has 0 bridgehead atoms. The predicted molar refractivity (Wildman–Crippen MR) is 94.8 cm³/mol. The number of carbonyl (C=O) groups excluding carboxylic acids is 1. The number of hydrogen-bond acceptors (Lipinski definition) is 5. The topological polar surface area (TPSA) is 57.0 Å². The zero-order chi connectivity index (χ0) is 22.1. The van der Waals surface area contributed by atoms with Gasteiger partial charge < -0.3 is 4.74 Å².